The highest BCUT2D eigenvalue weighted by atomic mass is 17.5. The molecule has 0 heterocycles. The van der Waals surface area contributed by atoms with Crippen molar-refractivity contribution in [1.82, 2.24) is 0 Å². The van der Waals surface area contributed by atoms with Crippen LogP contribution in [0.1, 0.15) is 34.1 Å². The Labute approximate surface area is 95.3 Å². The third kappa shape index (κ3) is 9.70. The molecule has 6 nitrogen and oxygen atoms in total. The molecule has 0 saturated heterocycles. The molecule has 6 heteroatoms. The molecule has 0 saturated carbocycles. The van der Waals surface area contributed by atoms with E-state index in [1.54, 1.807) is 20.8 Å². The van der Waals surface area contributed by atoms with Crippen molar-refractivity contribution in [2.75, 3.05) is 6.61 Å². The maximum atomic E-state index is 10.8. The maximum absolute atomic E-state index is 10.8. The minimum Gasteiger partial charge on any atom is -0.430 e. The lowest BCUT2D eigenvalue weighted by molar-refractivity contribution is -0.489. The highest BCUT2D eigenvalue weighted by Crippen LogP contribution is 2.06. The van der Waals surface area contributed by atoms with Crippen molar-refractivity contribution in [3.8, 4) is 0 Å². The van der Waals surface area contributed by atoms with Crippen LogP contribution in [-0.2, 0) is 19.6 Å². The van der Waals surface area contributed by atoms with Gasteiger partial charge >= 0.3 is 6.16 Å². The second kappa shape index (κ2) is 8.32. The summed E-state index contributed by atoms with van der Waals surface area (Å²) in [6.45, 7) is 7.16. The van der Waals surface area contributed by atoms with E-state index in [0.717, 1.165) is 0 Å². The summed E-state index contributed by atoms with van der Waals surface area (Å²) in [5.41, 5.74) is 0. The van der Waals surface area contributed by atoms with E-state index in [2.05, 4.69) is 19.6 Å². The predicted octanol–water partition coefficient (Wildman–Crippen LogP) is 1.82. The van der Waals surface area contributed by atoms with Crippen LogP contribution in [0.4, 0.5) is 4.79 Å². The summed E-state index contributed by atoms with van der Waals surface area (Å²) in [5, 5.41) is 13.3. The van der Waals surface area contributed by atoms with Gasteiger partial charge < -0.3 is 9.84 Å². The first kappa shape index (κ1) is 15.2. The molecule has 0 amide bonds. The van der Waals surface area contributed by atoms with Crippen LogP contribution in [0.3, 0.4) is 0 Å². The van der Waals surface area contributed by atoms with Gasteiger partial charge in [-0.15, -0.1) is 0 Å². The van der Waals surface area contributed by atoms with Crippen LogP contribution < -0.4 is 0 Å². The van der Waals surface area contributed by atoms with Gasteiger partial charge in [-0.05, 0) is 38.1 Å². The number of carbonyl (C=O) groups is 1. The highest BCUT2D eigenvalue weighted by molar-refractivity contribution is 5.59. The number of aliphatic hydroxyl groups is 1. The molecule has 0 aliphatic heterocycles. The van der Waals surface area contributed by atoms with Crippen molar-refractivity contribution in [3.05, 3.63) is 0 Å². The Morgan fingerprint density at radius 3 is 2.38 bits per heavy atom. The first-order valence-electron chi connectivity index (χ1n) is 5.26. The normalized spacial score (nSPS) is 14.6. The van der Waals surface area contributed by atoms with Gasteiger partial charge in [-0.3, -0.25) is 0 Å². The lowest BCUT2D eigenvalue weighted by Gasteiger charge is -2.12. The van der Waals surface area contributed by atoms with Gasteiger partial charge in [0.25, 0.3) is 0 Å². The summed E-state index contributed by atoms with van der Waals surface area (Å²) < 4.78 is 4.62. The molecule has 96 valence electrons. The average Bonchev–Trinajstić information content (AvgIpc) is 2.10. The summed E-state index contributed by atoms with van der Waals surface area (Å²) in [7, 11) is 0. The third-order valence-electron chi connectivity index (χ3n) is 1.58. The Bertz CT molecular complexity index is 192. The van der Waals surface area contributed by atoms with Crippen LogP contribution in [0.15, 0.2) is 0 Å². The van der Waals surface area contributed by atoms with Gasteiger partial charge in [0.2, 0.25) is 0 Å². The summed E-state index contributed by atoms with van der Waals surface area (Å²) in [5.74, 6) is 0.102. The molecule has 0 aliphatic carbocycles. The van der Waals surface area contributed by atoms with E-state index in [-0.39, 0.29) is 18.6 Å². The molecule has 0 spiro atoms. The minimum absolute atomic E-state index is 0.102. The Morgan fingerprint density at radius 2 is 1.88 bits per heavy atom. The van der Waals surface area contributed by atoms with Crippen LogP contribution in [0, 0.1) is 5.92 Å². The van der Waals surface area contributed by atoms with Gasteiger partial charge in [0.05, 0.1) is 18.8 Å². The average molecular weight is 236 g/mol. The van der Waals surface area contributed by atoms with Crippen molar-refractivity contribution >= 4 is 6.16 Å². The first-order chi connectivity index (χ1) is 7.41. The van der Waals surface area contributed by atoms with Crippen molar-refractivity contribution in [3.63, 3.8) is 0 Å². The van der Waals surface area contributed by atoms with Crippen molar-refractivity contribution in [1.29, 1.82) is 0 Å². The lowest BCUT2D eigenvalue weighted by Crippen LogP contribution is -2.16. The summed E-state index contributed by atoms with van der Waals surface area (Å²) in [4.78, 5) is 19.6. The fraction of sp³-hybridized carbons (Fsp3) is 0.900. The molecule has 0 radical (unpaired) electrons. The van der Waals surface area contributed by atoms with Crippen LogP contribution in [0.2, 0.25) is 0 Å². The summed E-state index contributed by atoms with van der Waals surface area (Å²) >= 11 is 0. The Hall–Kier alpha value is -0.850. The highest BCUT2D eigenvalue weighted by Gasteiger charge is 2.10. The molecule has 16 heavy (non-hydrogen) atoms. The van der Waals surface area contributed by atoms with E-state index in [1.165, 1.54) is 0 Å². The fourth-order valence-electron chi connectivity index (χ4n) is 1.06. The van der Waals surface area contributed by atoms with E-state index in [1.807, 2.05) is 6.92 Å². The molecule has 0 fully saturated rings. The van der Waals surface area contributed by atoms with Crippen molar-refractivity contribution < 1.29 is 29.5 Å². The molecule has 0 bridgehead atoms. The largest absolute Gasteiger partial charge is 0.542 e. The first-order valence-corrected chi connectivity index (χ1v) is 5.26. The summed E-state index contributed by atoms with van der Waals surface area (Å²) in [6, 6.07) is 0. The number of hydrogen-bond donors (Lipinski definition) is 1. The molecule has 0 aromatic carbocycles. The van der Waals surface area contributed by atoms with Crippen LogP contribution >= 0.6 is 0 Å². The van der Waals surface area contributed by atoms with E-state index in [9.17, 15) is 4.79 Å². The predicted molar refractivity (Wildman–Crippen MR) is 55.2 cm³/mol. The van der Waals surface area contributed by atoms with Crippen molar-refractivity contribution in [2.24, 2.45) is 5.92 Å². The second-order valence-corrected chi connectivity index (χ2v) is 4.04. The lowest BCUT2D eigenvalue weighted by atomic mass is 10.1. The van der Waals surface area contributed by atoms with E-state index >= 15 is 0 Å². The second-order valence-electron chi connectivity index (χ2n) is 4.04. The van der Waals surface area contributed by atoms with E-state index in [0.29, 0.717) is 6.42 Å². The van der Waals surface area contributed by atoms with Gasteiger partial charge in [-0.25, -0.2) is 9.68 Å². The number of rotatable bonds is 7. The van der Waals surface area contributed by atoms with Crippen LogP contribution in [-0.4, -0.2) is 30.1 Å². The smallest absolute Gasteiger partial charge is 0.430 e. The zero-order valence-electron chi connectivity index (χ0n) is 10.1. The number of aliphatic hydroxyl groups excluding tert-OH is 1. The SMILES string of the molecule is CC(O)CC(C)COOOC(=O)OC(C)C. The van der Waals surface area contributed by atoms with E-state index in [4.69, 9.17) is 5.11 Å². The number of ether oxygens (including phenoxy) is 1. The van der Waals surface area contributed by atoms with Crippen molar-refractivity contribution in [2.45, 2.75) is 46.3 Å². The third-order valence-corrected chi connectivity index (χ3v) is 1.58. The molecular weight excluding hydrogens is 216 g/mol. The molecule has 0 aromatic heterocycles. The Kier molecular flexibility index (Phi) is 7.88. The molecule has 2 atom stereocenters. The standard InChI is InChI=1S/C10H20O6/c1-7(2)14-10(12)15-16-13-6-8(3)5-9(4)11/h7-9,11H,5-6H2,1-4H3. The van der Waals surface area contributed by atoms with Gasteiger partial charge in [0.1, 0.15) is 0 Å². The number of carbonyl (C=O) groups excluding carboxylic acids is 1. The zero-order valence-corrected chi connectivity index (χ0v) is 10.1. The van der Waals surface area contributed by atoms with Gasteiger partial charge in [0, 0.05) is 0 Å². The Balaban J connectivity index is 3.42. The topological polar surface area (TPSA) is 74.2 Å². The van der Waals surface area contributed by atoms with Crippen LogP contribution in [0.5, 0.6) is 0 Å². The molecule has 1 N–H and O–H groups in total. The molecular formula is C10H20O6. The Morgan fingerprint density at radius 1 is 1.25 bits per heavy atom. The van der Waals surface area contributed by atoms with Crippen LogP contribution in [0.25, 0.3) is 0 Å². The quantitative estimate of drug-likeness (QED) is 0.314. The van der Waals surface area contributed by atoms with Gasteiger partial charge in [-0.2, -0.15) is 4.89 Å². The summed E-state index contributed by atoms with van der Waals surface area (Å²) in [6.07, 6.45) is -1.03. The minimum atomic E-state index is -0.946. The van der Waals surface area contributed by atoms with Gasteiger partial charge in [-0.1, -0.05) is 6.92 Å². The molecule has 0 aromatic rings. The monoisotopic (exact) mass is 236 g/mol. The molecule has 0 rings (SSSR count). The molecule has 2 unspecified atom stereocenters. The van der Waals surface area contributed by atoms with E-state index < -0.39 is 12.3 Å². The number of hydrogen-bond acceptors (Lipinski definition) is 6. The van der Waals surface area contributed by atoms with Gasteiger partial charge in [0.15, 0.2) is 0 Å². The maximum Gasteiger partial charge on any atom is 0.542 e. The fourth-order valence-corrected chi connectivity index (χ4v) is 1.06. The zero-order chi connectivity index (χ0) is 12.6. The molecule has 0 aliphatic rings.